The van der Waals surface area contributed by atoms with Crippen LogP contribution < -0.4 is 5.32 Å². The van der Waals surface area contributed by atoms with Gasteiger partial charge in [-0.15, -0.1) is 0 Å². The van der Waals surface area contributed by atoms with Crippen molar-refractivity contribution in [2.24, 2.45) is 0 Å². The minimum atomic E-state index is -0.347. The summed E-state index contributed by atoms with van der Waals surface area (Å²) in [5.41, 5.74) is 1.92. The molecule has 0 aliphatic heterocycles. The maximum atomic E-state index is 13.6. The van der Waals surface area contributed by atoms with Crippen LogP contribution in [-0.2, 0) is 5.54 Å². The summed E-state index contributed by atoms with van der Waals surface area (Å²) >= 11 is 0. The number of rotatable bonds is 3. The van der Waals surface area contributed by atoms with Crippen molar-refractivity contribution in [2.75, 3.05) is 5.32 Å². The summed E-state index contributed by atoms with van der Waals surface area (Å²) in [6.07, 6.45) is 3.58. The van der Waals surface area contributed by atoms with E-state index >= 15 is 0 Å². The number of aromatic nitrogens is 3. The zero-order valence-electron chi connectivity index (χ0n) is 12.6. The van der Waals surface area contributed by atoms with E-state index in [1.165, 1.54) is 6.07 Å². The summed E-state index contributed by atoms with van der Waals surface area (Å²) in [6.45, 7) is 10.2. The molecule has 1 atom stereocenters. The Morgan fingerprint density at radius 3 is 2.60 bits per heavy atom. The lowest BCUT2D eigenvalue weighted by Crippen LogP contribution is -2.22. The van der Waals surface area contributed by atoms with Crippen molar-refractivity contribution in [1.82, 2.24) is 14.8 Å². The third kappa shape index (κ3) is 2.98. The lowest BCUT2D eigenvalue weighted by molar-refractivity contribution is 0.354. The van der Waals surface area contributed by atoms with Gasteiger partial charge < -0.3 is 5.32 Å². The van der Waals surface area contributed by atoms with Crippen molar-refractivity contribution < 1.29 is 4.39 Å². The molecule has 0 bridgehead atoms. The van der Waals surface area contributed by atoms with Crippen molar-refractivity contribution >= 4 is 5.82 Å². The Labute approximate surface area is 119 Å². The highest BCUT2D eigenvalue weighted by Gasteiger charge is 2.19. The molecule has 0 saturated carbocycles. The Kier molecular flexibility index (Phi) is 3.79. The molecule has 2 heterocycles. The first-order valence-electron chi connectivity index (χ1n) is 6.72. The van der Waals surface area contributed by atoms with E-state index in [-0.39, 0.29) is 23.2 Å². The molecule has 1 unspecified atom stereocenters. The summed E-state index contributed by atoms with van der Waals surface area (Å²) in [7, 11) is 0. The highest BCUT2D eigenvalue weighted by molar-refractivity contribution is 5.39. The first-order valence-corrected chi connectivity index (χ1v) is 6.72. The van der Waals surface area contributed by atoms with E-state index in [9.17, 15) is 4.39 Å². The second-order valence-electron chi connectivity index (χ2n) is 5.99. The van der Waals surface area contributed by atoms with Gasteiger partial charge in [0.1, 0.15) is 0 Å². The Morgan fingerprint density at radius 1 is 1.35 bits per heavy atom. The van der Waals surface area contributed by atoms with Gasteiger partial charge in [0.15, 0.2) is 11.6 Å². The number of halogens is 1. The van der Waals surface area contributed by atoms with Gasteiger partial charge in [-0.05, 0) is 46.8 Å². The molecule has 0 aromatic carbocycles. The molecule has 1 N–H and O–H groups in total. The van der Waals surface area contributed by atoms with Crippen LogP contribution in [-0.4, -0.2) is 14.8 Å². The van der Waals surface area contributed by atoms with Gasteiger partial charge in [0.2, 0.25) is 0 Å². The van der Waals surface area contributed by atoms with Crippen LogP contribution in [0.4, 0.5) is 10.2 Å². The van der Waals surface area contributed by atoms with Crippen molar-refractivity contribution in [1.29, 1.82) is 0 Å². The average molecular weight is 276 g/mol. The number of anilines is 1. The van der Waals surface area contributed by atoms with Crippen LogP contribution >= 0.6 is 0 Å². The fourth-order valence-electron chi connectivity index (χ4n) is 2.02. The van der Waals surface area contributed by atoms with Crippen LogP contribution in [0.2, 0.25) is 0 Å². The van der Waals surface area contributed by atoms with Gasteiger partial charge in [0.05, 0.1) is 17.3 Å². The normalized spacial score (nSPS) is 13.3. The van der Waals surface area contributed by atoms with Gasteiger partial charge in [-0.25, -0.2) is 9.37 Å². The van der Waals surface area contributed by atoms with Gasteiger partial charge in [-0.3, -0.25) is 4.68 Å². The van der Waals surface area contributed by atoms with Crippen LogP contribution in [0.25, 0.3) is 0 Å². The quantitative estimate of drug-likeness (QED) is 0.930. The topological polar surface area (TPSA) is 42.7 Å². The lowest BCUT2D eigenvalue weighted by atomic mass is 10.1. The van der Waals surface area contributed by atoms with Gasteiger partial charge in [0.25, 0.3) is 0 Å². The van der Waals surface area contributed by atoms with Crippen molar-refractivity contribution in [3.63, 3.8) is 0 Å². The second-order valence-corrected chi connectivity index (χ2v) is 5.99. The maximum absolute atomic E-state index is 13.6. The van der Waals surface area contributed by atoms with Crippen molar-refractivity contribution in [3.05, 3.63) is 41.6 Å². The highest BCUT2D eigenvalue weighted by Crippen LogP contribution is 2.24. The third-order valence-electron chi connectivity index (χ3n) is 3.20. The van der Waals surface area contributed by atoms with Gasteiger partial charge in [-0.2, -0.15) is 5.10 Å². The third-order valence-corrected chi connectivity index (χ3v) is 3.20. The van der Waals surface area contributed by atoms with Crippen LogP contribution in [0.3, 0.4) is 0 Å². The minimum absolute atomic E-state index is 0.0597. The van der Waals surface area contributed by atoms with Crippen molar-refractivity contribution in [3.8, 4) is 0 Å². The molecule has 0 aliphatic carbocycles. The number of pyridine rings is 1. The Hall–Kier alpha value is -1.91. The molecule has 108 valence electrons. The van der Waals surface area contributed by atoms with Crippen LogP contribution in [0.5, 0.6) is 0 Å². The fourth-order valence-corrected chi connectivity index (χ4v) is 2.02. The molecule has 0 radical (unpaired) electrons. The van der Waals surface area contributed by atoms with E-state index in [1.54, 1.807) is 12.3 Å². The summed E-state index contributed by atoms with van der Waals surface area (Å²) in [4.78, 5) is 4.02. The molecule has 2 aromatic heterocycles. The number of nitrogens with one attached hydrogen (secondary N) is 1. The zero-order chi connectivity index (χ0) is 14.9. The molecular formula is C15H21FN4. The van der Waals surface area contributed by atoms with E-state index in [0.717, 1.165) is 11.3 Å². The zero-order valence-corrected chi connectivity index (χ0v) is 12.6. The molecule has 4 nitrogen and oxygen atoms in total. The predicted octanol–water partition coefficient (Wildman–Crippen LogP) is 3.65. The van der Waals surface area contributed by atoms with E-state index in [1.807, 2.05) is 24.7 Å². The molecule has 20 heavy (non-hydrogen) atoms. The SMILES string of the molecule is Cc1nn(C(C)(C)C)cc1C(C)Nc1ncccc1F. The summed E-state index contributed by atoms with van der Waals surface area (Å²) in [5, 5.41) is 7.62. The van der Waals surface area contributed by atoms with E-state index in [0.29, 0.717) is 0 Å². The molecule has 0 aliphatic rings. The van der Waals surface area contributed by atoms with Crippen LogP contribution in [0.1, 0.15) is 45.0 Å². The largest absolute Gasteiger partial charge is 0.361 e. The molecule has 0 fully saturated rings. The molecule has 2 rings (SSSR count). The van der Waals surface area contributed by atoms with E-state index in [4.69, 9.17) is 0 Å². The minimum Gasteiger partial charge on any atom is -0.361 e. The Morgan fingerprint density at radius 2 is 2.05 bits per heavy atom. The molecule has 0 spiro atoms. The van der Waals surface area contributed by atoms with Crippen LogP contribution in [0.15, 0.2) is 24.5 Å². The number of hydrogen-bond donors (Lipinski definition) is 1. The Balaban J connectivity index is 2.24. The summed E-state index contributed by atoms with van der Waals surface area (Å²) in [6, 6.07) is 2.91. The predicted molar refractivity (Wildman–Crippen MR) is 78.2 cm³/mol. The first kappa shape index (κ1) is 14.5. The molecule has 0 amide bonds. The summed E-state index contributed by atoms with van der Waals surface area (Å²) in [5.74, 6) is -0.0804. The standard InChI is InChI=1S/C15H21FN4/c1-10(18-14-13(16)7-6-8-17-14)12-9-20(15(3,4)5)19-11(12)2/h6-10H,1-5H3,(H,17,18). The highest BCUT2D eigenvalue weighted by atomic mass is 19.1. The lowest BCUT2D eigenvalue weighted by Gasteiger charge is -2.19. The monoisotopic (exact) mass is 276 g/mol. The van der Waals surface area contributed by atoms with Crippen LogP contribution in [0, 0.1) is 12.7 Å². The van der Waals surface area contributed by atoms with E-state index < -0.39 is 0 Å². The smallest absolute Gasteiger partial charge is 0.165 e. The number of aryl methyl sites for hydroxylation is 1. The molecule has 5 heteroatoms. The number of hydrogen-bond acceptors (Lipinski definition) is 3. The Bertz CT molecular complexity index is 598. The molecule has 0 saturated heterocycles. The second kappa shape index (κ2) is 5.23. The summed E-state index contributed by atoms with van der Waals surface area (Å²) < 4.78 is 15.6. The molecule has 2 aromatic rings. The van der Waals surface area contributed by atoms with E-state index in [2.05, 4.69) is 36.2 Å². The number of nitrogens with zero attached hydrogens (tertiary/aromatic N) is 3. The van der Waals surface area contributed by atoms with Crippen molar-refractivity contribution in [2.45, 2.75) is 46.2 Å². The van der Waals surface area contributed by atoms with Gasteiger partial charge >= 0.3 is 0 Å². The first-order chi connectivity index (χ1) is 9.29. The molecular weight excluding hydrogens is 255 g/mol. The van der Waals surface area contributed by atoms with Gasteiger partial charge in [-0.1, -0.05) is 0 Å². The average Bonchev–Trinajstić information content (AvgIpc) is 2.74. The van der Waals surface area contributed by atoms with Gasteiger partial charge in [0, 0.05) is 18.0 Å². The maximum Gasteiger partial charge on any atom is 0.165 e. The fraction of sp³-hybridized carbons (Fsp3) is 0.467.